The summed E-state index contributed by atoms with van der Waals surface area (Å²) in [6, 6.07) is 9.92. The minimum Gasteiger partial charge on any atom is -0.379 e. The van der Waals surface area contributed by atoms with Crippen molar-refractivity contribution in [1.29, 1.82) is 0 Å². The molecule has 0 spiro atoms. The van der Waals surface area contributed by atoms with Crippen LogP contribution in [0.15, 0.2) is 46.6 Å². The smallest absolute Gasteiger partial charge is 0.236 e. The van der Waals surface area contributed by atoms with Crippen LogP contribution in [0.1, 0.15) is 26.2 Å². The summed E-state index contributed by atoms with van der Waals surface area (Å²) in [4.78, 5) is 15.5. The van der Waals surface area contributed by atoms with Gasteiger partial charge in [0.1, 0.15) is 0 Å². The Kier molecular flexibility index (Phi) is 4.34. The molecule has 4 heteroatoms. The predicted molar refractivity (Wildman–Crippen MR) is 77.3 cm³/mol. The number of nitrogens with one attached hydrogen (secondary N) is 1. The summed E-state index contributed by atoms with van der Waals surface area (Å²) < 4.78 is 0. The van der Waals surface area contributed by atoms with Crippen LogP contribution < -0.4 is 11.1 Å². The molecule has 19 heavy (non-hydrogen) atoms. The van der Waals surface area contributed by atoms with Crippen molar-refractivity contribution >= 4 is 17.3 Å². The zero-order chi connectivity index (χ0) is 13.7. The van der Waals surface area contributed by atoms with Gasteiger partial charge in [-0.25, -0.2) is 0 Å². The van der Waals surface area contributed by atoms with E-state index in [4.69, 9.17) is 5.73 Å². The minimum atomic E-state index is -0.340. The molecule has 1 aromatic rings. The molecular formula is C15H19N3O. The quantitative estimate of drug-likeness (QED) is 0.869. The molecule has 0 saturated heterocycles. The molecule has 1 aromatic carbocycles. The first kappa shape index (κ1) is 13.3. The normalized spacial score (nSPS) is 17.6. The highest BCUT2D eigenvalue weighted by Gasteiger charge is 2.15. The molecule has 0 unspecified atom stereocenters. The van der Waals surface area contributed by atoms with E-state index in [1.54, 1.807) is 0 Å². The summed E-state index contributed by atoms with van der Waals surface area (Å²) in [5.74, 6) is -0.340. The first-order chi connectivity index (χ1) is 9.16. The molecular weight excluding hydrogens is 238 g/mol. The molecule has 0 aromatic heterocycles. The molecule has 1 amide bonds. The maximum absolute atomic E-state index is 10.8. The molecule has 0 radical (unpaired) electrons. The highest BCUT2D eigenvalue weighted by Crippen LogP contribution is 2.23. The van der Waals surface area contributed by atoms with Gasteiger partial charge in [0.25, 0.3) is 0 Å². The number of allylic oxidation sites excluding steroid dienone is 2. The summed E-state index contributed by atoms with van der Waals surface area (Å²) in [6.45, 7) is 2.23. The van der Waals surface area contributed by atoms with Crippen molar-refractivity contribution in [1.82, 2.24) is 5.32 Å². The molecule has 0 atom stereocenters. The number of hydrogen-bond acceptors (Lipinski definition) is 3. The fourth-order valence-electron chi connectivity index (χ4n) is 2.19. The molecule has 100 valence electrons. The lowest BCUT2D eigenvalue weighted by atomic mass is 9.95. The lowest BCUT2D eigenvalue weighted by Gasteiger charge is -2.20. The average molecular weight is 257 g/mol. The van der Waals surface area contributed by atoms with Gasteiger partial charge in [0.15, 0.2) is 0 Å². The molecule has 2 rings (SSSR count). The Morgan fingerprint density at radius 2 is 2.05 bits per heavy atom. The number of carbonyl (C=O) groups excluding carboxylic acids is 1. The molecule has 0 aliphatic heterocycles. The third-order valence-electron chi connectivity index (χ3n) is 3.22. The van der Waals surface area contributed by atoms with Crippen molar-refractivity contribution < 1.29 is 4.79 Å². The zero-order valence-corrected chi connectivity index (χ0v) is 11.1. The van der Waals surface area contributed by atoms with Crippen molar-refractivity contribution in [3.8, 4) is 0 Å². The monoisotopic (exact) mass is 257 g/mol. The topological polar surface area (TPSA) is 67.5 Å². The number of nitrogens with two attached hydrogens (primary N) is 1. The SMILES string of the molecule is CC1=C(NCC(N)=O)CCCC1=Nc1ccccc1. The van der Waals surface area contributed by atoms with E-state index < -0.39 is 0 Å². The van der Waals surface area contributed by atoms with E-state index in [1.807, 2.05) is 37.3 Å². The molecule has 4 nitrogen and oxygen atoms in total. The van der Waals surface area contributed by atoms with E-state index in [0.29, 0.717) is 0 Å². The van der Waals surface area contributed by atoms with Crippen LogP contribution in [0.3, 0.4) is 0 Å². The molecule has 3 N–H and O–H groups in total. The summed E-state index contributed by atoms with van der Waals surface area (Å²) in [7, 11) is 0. The number of nitrogens with zero attached hydrogens (tertiary/aromatic N) is 1. The number of rotatable bonds is 4. The van der Waals surface area contributed by atoms with Gasteiger partial charge in [-0.3, -0.25) is 9.79 Å². The third-order valence-corrected chi connectivity index (χ3v) is 3.22. The minimum absolute atomic E-state index is 0.186. The number of primary amides is 1. The van der Waals surface area contributed by atoms with Gasteiger partial charge in [0, 0.05) is 11.4 Å². The average Bonchev–Trinajstić information content (AvgIpc) is 2.41. The van der Waals surface area contributed by atoms with E-state index in [0.717, 1.165) is 41.9 Å². The van der Waals surface area contributed by atoms with Crippen LogP contribution in [0.25, 0.3) is 0 Å². The van der Waals surface area contributed by atoms with Crippen molar-refractivity contribution in [2.24, 2.45) is 10.7 Å². The predicted octanol–water partition coefficient (Wildman–Crippen LogP) is 2.29. The Morgan fingerprint density at radius 1 is 1.32 bits per heavy atom. The second-order valence-electron chi connectivity index (χ2n) is 4.67. The molecule has 1 aliphatic carbocycles. The van der Waals surface area contributed by atoms with E-state index in [-0.39, 0.29) is 12.5 Å². The van der Waals surface area contributed by atoms with E-state index in [2.05, 4.69) is 10.3 Å². The molecule has 0 heterocycles. The van der Waals surface area contributed by atoms with Gasteiger partial charge >= 0.3 is 0 Å². The van der Waals surface area contributed by atoms with Crippen LogP contribution in [0.5, 0.6) is 0 Å². The number of benzene rings is 1. The van der Waals surface area contributed by atoms with Crippen LogP contribution >= 0.6 is 0 Å². The van der Waals surface area contributed by atoms with Crippen LogP contribution in [-0.2, 0) is 4.79 Å². The molecule has 1 aliphatic rings. The Balaban J connectivity index is 2.19. The lowest BCUT2D eigenvalue weighted by Crippen LogP contribution is -2.30. The Hall–Kier alpha value is -2.10. The van der Waals surface area contributed by atoms with Crippen molar-refractivity contribution in [2.45, 2.75) is 26.2 Å². The maximum atomic E-state index is 10.8. The van der Waals surface area contributed by atoms with Crippen molar-refractivity contribution in [3.63, 3.8) is 0 Å². The largest absolute Gasteiger partial charge is 0.379 e. The van der Waals surface area contributed by atoms with Crippen LogP contribution in [0.4, 0.5) is 5.69 Å². The second kappa shape index (κ2) is 6.18. The van der Waals surface area contributed by atoms with Crippen LogP contribution in [-0.4, -0.2) is 18.2 Å². The Bertz CT molecular complexity index is 517. The molecule has 0 bridgehead atoms. The van der Waals surface area contributed by atoms with Crippen molar-refractivity contribution in [3.05, 3.63) is 41.6 Å². The van der Waals surface area contributed by atoms with Gasteiger partial charge < -0.3 is 11.1 Å². The Morgan fingerprint density at radius 3 is 2.74 bits per heavy atom. The van der Waals surface area contributed by atoms with E-state index in [1.165, 1.54) is 0 Å². The summed E-state index contributed by atoms with van der Waals surface area (Å²) in [5, 5.41) is 3.11. The maximum Gasteiger partial charge on any atom is 0.236 e. The number of amides is 1. The highest BCUT2D eigenvalue weighted by atomic mass is 16.1. The summed E-state index contributed by atoms with van der Waals surface area (Å²) in [5.41, 5.74) is 9.43. The molecule has 0 fully saturated rings. The first-order valence-corrected chi connectivity index (χ1v) is 6.51. The van der Waals surface area contributed by atoms with E-state index >= 15 is 0 Å². The standard InChI is InChI=1S/C15H19N3O/c1-11-13(17-10-15(16)19)8-5-9-14(11)18-12-6-3-2-4-7-12/h2-4,6-7,17H,5,8-10H2,1H3,(H2,16,19). The van der Waals surface area contributed by atoms with Gasteiger partial charge in [-0.2, -0.15) is 0 Å². The zero-order valence-electron chi connectivity index (χ0n) is 11.1. The second-order valence-corrected chi connectivity index (χ2v) is 4.67. The van der Waals surface area contributed by atoms with Gasteiger partial charge in [0.05, 0.1) is 12.2 Å². The van der Waals surface area contributed by atoms with Crippen LogP contribution in [0.2, 0.25) is 0 Å². The van der Waals surface area contributed by atoms with E-state index in [9.17, 15) is 4.79 Å². The number of hydrogen-bond donors (Lipinski definition) is 2. The van der Waals surface area contributed by atoms with Crippen LogP contribution in [0, 0.1) is 0 Å². The van der Waals surface area contributed by atoms with Gasteiger partial charge in [-0.15, -0.1) is 0 Å². The number of carbonyl (C=O) groups is 1. The Labute approximate surface area is 113 Å². The fourth-order valence-corrected chi connectivity index (χ4v) is 2.19. The summed E-state index contributed by atoms with van der Waals surface area (Å²) >= 11 is 0. The highest BCUT2D eigenvalue weighted by molar-refractivity contribution is 6.02. The van der Waals surface area contributed by atoms with Crippen molar-refractivity contribution in [2.75, 3.05) is 6.54 Å². The molecule has 0 saturated carbocycles. The fraction of sp³-hybridized carbons (Fsp3) is 0.333. The summed E-state index contributed by atoms with van der Waals surface area (Å²) in [6.07, 6.45) is 2.97. The number of para-hydroxylation sites is 1. The number of aliphatic imine (C=N–C) groups is 1. The third kappa shape index (κ3) is 3.68. The van der Waals surface area contributed by atoms with Gasteiger partial charge in [-0.1, -0.05) is 18.2 Å². The van der Waals surface area contributed by atoms with Gasteiger partial charge in [-0.05, 0) is 43.9 Å². The van der Waals surface area contributed by atoms with Gasteiger partial charge in [0.2, 0.25) is 5.91 Å². The lowest BCUT2D eigenvalue weighted by molar-refractivity contribution is -0.117. The first-order valence-electron chi connectivity index (χ1n) is 6.51.